The fraction of sp³-hybridized carbons (Fsp3) is 0.400. The van der Waals surface area contributed by atoms with Crippen molar-refractivity contribution in [2.75, 3.05) is 38.1 Å². The zero-order chi connectivity index (χ0) is 14.5. The molecule has 0 atom stereocenters. The van der Waals surface area contributed by atoms with Crippen LogP contribution in [0.4, 0.5) is 5.00 Å². The van der Waals surface area contributed by atoms with Crippen LogP contribution in [0, 0.1) is 0 Å². The van der Waals surface area contributed by atoms with E-state index in [0.717, 1.165) is 44.2 Å². The molecule has 1 aliphatic rings. The van der Waals surface area contributed by atoms with Gasteiger partial charge in [-0.3, -0.25) is 4.99 Å². The van der Waals surface area contributed by atoms with Gasteiger partial charge in [0, 0.05) is 45.3 Å². The van der Waals surface area contributed by atoms with E-state index in [1.165, 1.54) is 5.00 Å². The number of guanidine groups is 1. The molecular formula is C15H20N4OS. The van der Waals surface area contributed by atoms with Crippen LogP contribution in [0.15, 0.2) is 45.5 Å². The van der Waals surface area contributed by atoms with E-state index < -0.39 is 0 Å². The molecule has 3 rings (SSSR count). The van der Waals surface area contributed by atoms with Gasteiger partial charge in [0.05, 0.1) is 17.5 Å². The van der Waals surface area contributed by atoms with Crippen molar-refractivity contribution in [2.24, 2.45) is 4.99 Å². The number of furan rings is 1. The van der Waals surface area contributed by atoms with Crippen LogP contribution in [-0.2, 0) is 6.54 Å². The molecular weight excluding hydrogens is 284 g/mol. The average molecular weight is 304 g/mol. The second-order valence-electron chi connectivity index (χ2n) is 4.96. The van der Waals surface area contributed by atoms with Gasteiger partial charge in [0.2, 0.25) is 0 Å². The zero-order valence-electron chi connectivity index (χ0n) is 12.2. The lowest BCUT2D eigenvalue weighted by molar-refractivity contribution is 0.373. The highest BCUT2D eigenvalue weighted by atomic mass is 32.1. The summed E-state index contributed by atoms with van der Waals surface area (Å²) in [6, 6.07) is 6.26. The number of nitrogens with zero attached hydrogens (tertiary/aromatic N) is 3. The molecule has 1 N–H and O–H groups in total. The molecule has 2 aromatic rings. The molecule has 1 saturated heterocycles. The molecule has 0 saturated carbocycles. The number of piperazine rings is 1. The van der Waals surface area contributed by atoms with E-state index in [2.05, 4.69) is 37.6 Å². The number of hydrogen-bond donors (Lipinski definition) is 1. The third-order valence-electron chi connectivity index (χ3n) is 3.64. The van der Waals surface area contributed by atoms with E-state index in [1.54, 1.807) is 23.9 Å². The van der Waals surface area contributed by atoms with Crippen molar-refractivity contribution >= 4 is 22.3 Å². The van der Waals surface area contributed by atoms with Gasteiger partial charge in [-0.2, -0.15) is 0 Å². The maximum Gasteiger partial charge on any atom is 0.194 e. The normalized spacial score (nSPS) is 16.3. The Kier molecular flexibility index (Phi) is 4.45. The van der Waals surface area contributed by atoms with Gasteiger partial charge in [-0.05, 0) is 23.6 Å². The molecule has 2 aromatic heterocycles. The molecule has 5 nitrogen and oxygen atoms in total. The summed E-state index contributed by atoms with van der Waals surface area (Å²) in [7, 11) is 1.84. The summed E-state index contributed by atoms with van der Waals surface area (Å²) >= 11 is 1.80. The molecule has 0 bridgehead atoms. The van der Waals surface area contributed by atoms with Crippen LogP contribution in [0.1, 0.15) is 5.56 Å². The molecule has 0 aromatic carbocycles. The Morgan fingerprint density at radius 2 is 2.19 bits per heavy atom. The predicted octanol–water partition coefficient (Wildman–Crippen LogP) is 2.24. The van der Waals surface area contributed by atoms with Crippen molar-refractivity contribution in [2.45, 2.75) is 6.54 Å². The lowest BCUT2D eigenvalue weighted by Crippen LogP contribution is -2.52. The van der Waals surface area contributed by atoms with Crippen molar-refractivity contribution < 1.29 is 4.42 Å². The molecule has 0 radical (unpaired) electrons. The molecule has 112 valence electrons. The summed E-state index contributed by atoms with van der Waals surface area (Å²) in [4.78, 5) is 9.13. The molecule has 3 heterocycles. The number of aliphatic imine (C=N–C) groups is 1. The maximum atomic E-state index is 5.08. The smallest absolute Gasteiger partial charge is 0.194 e. The number of anilines is 1. The van der Waals surface area contributed by atoms with Crippen molar-refractivity contribution in [3.05, 3.63) is 41.7 Å². The number of thiophene rings is 1. The topological polar surface area (TPSA) is 44.0 Å². The summed E-state index contributed by atoms with van der Waals surface area (Å²) in [6.45, 7) is 4.79. The molecule has 21 heavy (non-hydrogen) atoms. The molecule has 0 unspecified atom stereocenters. The lowest BCUT2D eigenvalue weighted by Gasteiger charge is -2.37. The van der Waals surface area contributed by atoms with Gasteiger partial charge in [0.15, 0.2) is 5.96 Å². The van der Waals surface area contributed by atoms with E-state index in [9.17, 15) is 0 Å². The first-order valence-electron chi connectivity index (χ1n) is 7.12. The first-order chi connectivity index (χ1) is 10.4. The predicted molar refractivity (Wildman–Crippen MR) is 87.0 cm³/mol. The van der Waals surface area contributed by atoms with Gasteiger partial charge < -0.3 is 19.5 Å². The first kappa shape index (κ1) is 14.0. The van der Waals surface area contributed by atoms with E-state index in [0.29, 0.717) is 0 Å². The van der Waals surface area contributed by atoms with Gasteiger partial charge in [0.1, 0.15) is 0 Å². The van der Waals surface area contributed by atoms with Gasteiger partial charge in [-0.15, -0.1) is 11.3 Å². The summed E-state index contributed by atoms with van der Waals surface area (Å²) in [5.41, 5.74) is 1.13. The standard InChI is InChI=1S/C15H20N4OS/c1-16-15(17-11-13-4-9-20-12-13)19-7-5-18(6-8-19)14-3-2-10-21-14/h2-4,9-10,12H,5-8,11H2,1H3,(H,16,17). The van der Waals surface area contributed by atoms with Crippen LogP contribution in [0.5, 0.6) is 0 Å². The minimum Gasteiger partial charge on any atom is -0.472 e. The Morgan fingerprint density at radius 3 is 2.81 bits per heavy atom. The summed E-state index contributed by atoms with van der Waals surface area (Å²) in [5, 5.41) is 6.88. The molecule has 1 fully saturated rings. The number of rotatable bonds is 3. The zero-order valence-corrected chi connectivity index (χ0v) is 13.0. The van der Waals surface area contributed by atoms with Crippen LogP contribution < -0.4 is 10.2 Å². The van der Waals surface area contributed by atoms with Crippen LogP contribution in [-0.4, -0.2) is 44.1 Å². The minimum atomic E-state index is 0.744. The Labute approximate surface area is 128 Å². The van der Waals surface area contributed by atoms with Crippen LogP contribution >= 0.6 is 11.3 Å². The largest absolute Gasteiger partial charge is 0.472 e. The van der Waals surface area contributed by atoms with Crippen LogP contribution in [0.25, 0.3) is 0 Å². The minimum absolute atomic E-state index is 0.744. The third-order valence-corrected chi connectivity index (χ3v) is 4.57. The SMILES string of the molecule is CN=C(NCc1ccoc1)N1CCN(c2cccs2)CC1. The van der Waals surface area contributed by atoms with Crippen molar-refractivity contribution in [3.63, 3.8) is 0 Å². The fourth-order valence-electron chi connectivity index (χ4n) is 2.50. The van der Waals surface area contributed by atoms with Crippen molar-refractivity contribution in [1.29, 1.82) is 0 Å². The molecule has 0 amide bonds. The third kappa shape index (κ3) is 3.39. The Morgan fingerprint density at radius 1 is 1.33 bits per heavy atom. The van der Waals surface area contributed by atoms with E-state index in [4.69, 9.17) is 4.42 Å². The number of hydrogen-bond acceptors (Lipinski definition) is 4. The molecule has 6 heteroatoms. The van der Waals surface area contributed by atoms with E-state index in [1.807, 2.05) is 13.1 Å². The first-order valence-corrected chi connectivity index (χ1v) is 8.00. The van der Waals surface area contributed by atoms with Gasteiger partial charge in [0.25, 0.3) is 0 Å². The van der Waals surface area contributed by atoms with Crippen molar-refractivity contribution in [3.8, 4) is 0 Å². The summed E-state index contributed by atoms with van der Waals surface area (Å²) < 4.78 is 5.08. The van der Waals surface area contributed by atoms with Crippen LogP contribution in [0.3, 0.4) is 0 Å². The second kappa shape index (κ2) is 6.67. The molecule has 0 aliphatic carbocycles. The molecule has 1 aliphatic heterocycles. The highest BCUT2D eigenvalue weighted by Crippen LogP contribution is 2.22. The summed E-state index contributed by atoms with van der Waals surface area (Å²) in [5.74, 6) is 0.960. The van der Waals surface area contributed by atoms with Crippen LogP contribution in [0.2, 0.25) is 0 Å². The second-order valence-corrected chi connectivity index (χ2v) is 5.88. The van der Waals surface area contributed by atoms with E-state index >= 15 is 0 Å². The summed E-state index contributed by atoms with van der Waals surface area (Å²) in [6.07, 6.45) is 3.45. The number of nitrogens with one attached hydrogen (secondary N) is 1. The monoisotopic (exact) mass is 304 g/mol. The van der Waals surface area contributed by atoms with Gasteiger partial charge in [-0.25, -0.2) is 0 Å². The lowest BCUT2D eigenvalue weighted by atomic mass is 10.3. The maximum absolute atomic E-state index is 5.08. The Hall–Kier alpha value is -1.95. The van der Waals surface area contributed by atoms with E-state index in [-0.39, 0.29) is 0 Å². The Balaban J connectivity index is 1.52. The highest BCUT2D eigenvalue weighted by molar-refractivity contribution is 7.14. The highest BCUT2D eigenvalue weighted by Gasteiger charge is 2.20. The van der Waals surface area contributed by atoms with Crippen molar-refractivity contribution in [1.82, 2.24) is 10.2 Å². The van der Waals surface area contributed by atoms with Gasteiger partial charge >= 0.3 is 0 Å². The Bertz CT molecular complexity index is 557. The fourth-order valence-corrected chi connectivity index (χ4v) is 3.28. The van der Waals surface area contributed by atoms with Gasteiger partial charge in [-0.1, -0.05) is 0 Å². The average Bonchev–Trinajstić information content (AvgIpc) is 3.22. The quantitative estimate of drug-likeness (QED) is 0.698. The molecule has 0 spiro atoms.